The first-order valence-corrected chi connectivity index (χ1v) is 5.94. The number of hydrogen-bond acceptors (Lipinski definition) is 4. The molecule has 0 saturated heterocycles. The van der Waals surface area contributed by atoms with Crippen molar-refractivity contribution in [1.29, 1.82) is 0 Å². The maximum Gasteiger partial charge on any atom is 0.240 e. The van der Waals surface area contributed by atoms with E-state index in [1.165, 1.54) is 0 Å². The van der Waals surface area contributed by atoms with Crippen LogP contribution in [0.5, 0.6) is 0 Å². The van der Waals surface area contributed by atoms with E-state index in [1.54, 1.807) is 25.1 Å². The van der Waals surface area contributed by atoms with Crippen molar-refractivity contribution >= 4 is 22.7 Å². The van der Waals surface area contributed by atoms with Gasteiger partial charge in [0, 0.05) is 11.6 Å². The Balaban J connectivity index is 2.29. The number of hydrogen-bond donors (Lipinski definition) is 2. The lowest BCUT2D eigenvalue weighted by atomic mass is 10.2. The fraction of sp³-hybridized carbons (Fsp3) is 0.385. The van der Waals surface area contributed by atoms with Crippen molar-refractivity contribution in [2.45, 2.75) is 32.7 Å². The van der Waals surface area contributed by atoms with Crippen molar-refractivity contribution in [1.82, 2.24) is 4.98 Å². The highest BCUT2D eigenvalue weighted by Crippen LogP contribution is 2.23. The van der Waals surface area contributed by atoms with Gasteiger partial charge in [-0.25, -0.2) is 4.98 Å². The van der Waals surface area contributed by atoms with E-state index in [4.69, 9.17) is 10.2 Å². The Morgan fingerprint density at radius 1 is 1.39 bits per heavy atom. The zero-order chi connectivity index (χ0) is 13.3. The SMILES string of the molecule is CC(N)C(=O)Nc1ccc2oc(C(C)C)nc2c1. The van der Waals surface area contributed by atoms with Gasteiger partial charge in [-0.2, -0.15) is 0 Å². The first kappa shape index (κ1) is 12.6. The summed E-state index contributed by atoms with van der Waals surface area (Å²) in [6.07, 6.45) is 0. The Morgan fingerprint density at radius 2 is 2.11 bits per heavy atom. The third kappa shape index (κ3) is 2.51. The van der Waals surface area contributed by atoms with Crippen LogP contribution < -0.4 is 11.1 Å². The molecule has 5 nitrogen and oxygen atoms in total. The number of benzene rings is 1. The maximum absolute atomic E-state index is 11.5. The molecule has 96 valence electrons. The fourth-order valence-corrected chi connectivity index (χ4v) is 1.53. The number of carbonyl (C=O) groups is 1. The lowest BCUT2D eigenvalue weighted by molar-refractivity contribution is -0.117. The van der Waals surface area contributed by atoms with Crippen LogP contribution in [0.4, 0.5) is 5.69 Å². The van der Waals surface area contributed by atoms with Crippen LogP contribution in [0.2, 0.25) is 0 Å². The van der Waals surface area contributed by atoms with Gasteiger partial charge in [0.1, 0.15) is 5.52 Å². The first-order chi connectivity index (χ1) is 8.47. The summed E-state index contributed by atoms with van der Waals surface area (Å²) in [5, 5.41) is 2.73. The Morgan fingerprint density at radius 3 is 2.72 bits per heavy atom. The minimum atomic E-state index is -0.538. The van der Waals surface area contributed by atoms with Gasteiger partial charge >= 0.3 is 0 Å². The first-order valence-electron chi connectivity index (χ1n) is 5.94. The fourth-order valence-electron chi connectivity index (χ4n) is 1.53. The smallest absolute Gasteiger partial charge is 0.240 e. The molecule has 2 aromatic rings. The van der Waals surface area contributed by atoms with Gasteiger partial charge in [-0.1, -0.05) is 13.8 Å². The molecule has 1 aromatic heterocycles. The zero-order valence-corrected chi connectivity index (χ0v) is 10.7. The number of nitrogens with zero attached hydrogens (tertiary/aromatic N) is 1. The van der Waals surface area contributed by atoms with Crippen molar-refractivity contribution in [3.63, 3.8) is 0 Å². The average Bonchev–Trinajstić information content (AvgIpc) is 2.71. The second kappa shape index (κ2) is 4.78. The summed E-state index contributed by atoms with van der Waals surface area (Å²) in [7, 11) is 0. The van der Waals surface area contributed by atoms with Crippen molar-refractivity contribution in [3.8, 4) is 0 Å². The minimum Gasteiger partial charge on any atom is -0.440 e. The van der Waals surface area contributed by atoms with Gasteiger partial charge in [-0.15, -0.1) is 0 Å². The van der Waals surface area contributed by atoms with E-state index in [9.17, 15) is 4.79 Å². The largest absolute Gasteiger partial charge is 0.440 e. The molecule has 0 bridgehead atoms. The molecule has 5 heteroatoms. The van der Waals surface area contributed by atoms with Crippen LogP contribution in [-0.2, 0) is 4.79 Å². The molecule has 0 aliphatic rings. The third-order valence-corrected chi connectivity index (χ3v) is 2.58. The number of aromatic nitrogens is 1. The summed E-state index contributed by atoms with van der Waals surface area (Å²) in [5.74, 6) is 0.710. The molecule has 1 heterocycles. The lowest BCUT2D eigenvalue weighted by Gasteiger charge is -2.06. The highest BCUT2D eigenvalue weighted by molar-refractivity contribution is 5.95. The molecule has 18 heavy (non-hydrogen) atoms. The van der Waals surface area contributed by atoms with E-state index >= 15 is 0 Å². The molecule has 0 radical (unpaired) electrons. The third-order valence-electron chi connectivity index (χ3n) is 2.58. The molecule has 1 aromatic carbocycles. The summed E-state index contributed by atoms with van der Waals surface area (Å²) in [5.41, 5.74) is 7.63. The number of amides is 1. The van der Waals surface area contributed by atoms with Gasteiger partial charge < -0.3 is 15.5 Å². The molecular formula is C13H17N3O2. The number of rotatable bonds is 3. The van der Waals surface area contributed by atoms with Crippen LogP contribution in [0.1, 0.15) is 32.6 Å². The molecule has 0 spiro atoms. The predicted molar refractivity (Wildman–Crippen MR) is 70.4 cm³/mol. The van der Waals surface area contributed by atoms with Crippen LogP contribution in [0.25, 0.3) is 11.1 Å². The van der Waals surface area contributed by atoms with Crippen LogP contribution in [0.15, 0.2) is 22.6 Å². The van der Waals surface area contributed by atoms with Gasteiger partial charge in [0.2, 0.25) is 5.91 Å². The highest BCUT2D eigenvalue weighted by Gasteiger charge is 2.11. The maximum atomic E-state index is 11.5. The van der Waals surface area contributed by atoms with Crippen molar-refractivity contribution < 1.29 is 9.21 Å². The Bertz CT molecular complexity index is 573. The van der Waals surface area contributed by atoms with E-state index in [-0.39, 0.29) is 11.8 Å². The second-order valence-electron chi connectivity index (χ2n) is 4.67. The Labute approximate surface area is 105 Å². The Kier molecular flexibility index (Phi) is 3.34. The molecular weight excluding hydrogens is 230 g/mol. The van der Waals surface area contributed by atoms with Crippen molar-refractivity contribution in [3.05, 3.63) is 24.1 Å². The summed E-state index contributed by atoms with van der Waals surface area (Å²) in [4.78, 5) is 15.9. The molecule has 1 atom stereocenters. The van der Waals surface area contributed by atoms with E-state index in [0.29, 0.717) is 11.6 Å². The summed E-state index contributed by atoms with van der Waals surface area (Å²) in [6, 6.07) is 4.82. The molecule has 0 fully saturated rings. The molecule has 0 saturated carbocycles. The molecule has 2 rings (SSSR count). The van der Waals surface area contributed by atoms with Crippen LogP contribution in [-0.4, -0.2) is 16.9 Å². The van der Waals surface area contributed by atoms with Crippen LogP contribution >= 0.6 is 0 Å². The van der Waals surface area contributed by atoms with Crippen LogP contribution in [0.3, 0.4) is 0 Å². The zero-order valence-electron chi connectivity index (χ0n) is 10.7. The number of carbonyl (C=O) groups excluding carboxylic acids is 1. The topological polar surface area (TPSA) is 81.2 Å². The minimum absolute atomic E-state index is 0.220. The Hall–Kier alpha value is -1.88. The molecule has 0 aliphatic heterocycles. The van der Waals surface area contributed by atoms with E-state index in [0.717, 1.165) is 11.1 Å². The van der Waals surface area contributed by atoms with E-state index in [2.05, 4.69) is 10.3 Å². The van der Waals surface area contributed by atoms with Crippen LogP contribution in [0, 0.1) is 0 Å². The summed E-state index contributed by atoms with van der Waals surface area (Å²) < 4.78 is 5.59. The number of nitrogens with two attached hydrogens (primary N) is 1. The number of fused-ring (bicyclic) bond motifs is 1. The molecule has 1 unspecified atom stereocenters. The highest BCUT2D eigenvalue weighted by atomic mass is 16.3. The number of nitrogens with one attached hydrogen (secondary N) is 1. The molecule has 1 amide bonds. The predicted octanol–water partition coefficient (Wildman–Crippen LogP) is 2.24. The van der Waals surface area contributed by atoms with E-state index in [1.807, 2.05) is 13.8 Å². The second-order valence-corrected chi connectivity index (χ2v) is 4.67. The van der Waals surface area contributed by atoms with Gasteiger partial charge in [0.05, 0.1) is 6.04 Å². The van der Waals surface area contributed by atoms with Gasteiger partial charge in [-0.05, 0) is 25.1 Å². The lowest BCUT2D eigenvalue weighted by Crippen LogP contribution is -2.32. The number of anilines is 1. The van der Waals surface area contributed by atoms with E-state index < -0.39 is 6.04 Å². The molecule has 3 N–H and O–H groups in total. The van der Waals surface area contributed by atoms with Gasteiger partial charge in [0.25, 0.3) is 0 Å². The normalized spacial score (nSPS) is 12.9. The van der Waals surface area contributed by atoms with Crippen molar-refractivity contribution in [2.24, 2.45) is 5.73 Å². The monoisotopic (exact) mass is 247 g/mol. The van der Waals surface area contributed by atoms with Gasteiger partial charge in [0.15, 0.2) is 11.5 Å². The van der Waals surface area contributed by atoms with Crippen molar-refractivity contribution in [2.75, 3.05) is 5.32 Å². The molecule has 0 aliphatic carbocycles. The standard InChI is InChI=1S/C13H17N3O2/c1-7(2)13-16-10-6-9(4-5-11(10)18-13)15-12(17)8(3)14/h4-8H,14H2,1-3H3,(H,15,17). The average molecular weight is 247 g/mol. The quantitative estimate of drug-likeness (QED) is 0.871. The van der Waals surface area contributed by atoms with Gasteiger partial charge in [-0.3, -0.25) is 4.79 Å². The summed E-state index contributed by atoms with van der Waals surface area (Å²) in [6.45, 7) is 5.67. The summed E-state index contributed by atoms with van der Waals surface area (Å²) >= 11 is 0. The number of oxazole rings is 1.